The zero-order valence-electron chi connectivity index (χ0n) is 15.2. The minimum Gasteiger partial charge on any atom is -0.396 e. The number of hydrogen-bond donors (Lipinski definition) is 1. The zero-order chi connectivity index (χ0) is 17.9. The second-order valence-electron chi connectivity index (χ2n) is 7.86. The zero-order valence-corrected chi connectivity index (χ0v) is 15.2. The number of amides is 1. The highest BCUT2D eigenvalue weighted by molar-refractivity contribution is 5.94. The summed E-state index contributed by atoms with van der Waals surface area (Å²) in [5.41, 5.74) is 4.19. The van der Waals surface area contributed by atoms with Gasteiger partial charge in [-0.05, 0) is 66.3 Å². The Kier molecular flexibility index (Phi) is 5.07. The van der Waals surface area contributed by atoms with Crippen LogP contribution in [0.5, 0.6) is 0 Å². The molecule has 2 aliphatic rings. The first-order chi connectivity index (χ1) is 12.7. The van der Waals surface area contributed by atoms with Crippen LogP contribution in [-0.4, -0.2) is 35.6 Å². The predicted molar refractivity (Wildman–Crippen MR) is 104 cm³/mol. The van der Waals surface area contributed by atoms with Crippen LogP contribution in [0, 0.1) is 11.8 Å². The number of aliphatic hydroxyl groups is 1. The Bertz CT molecular complexity index is 739. The second-order valence-corrected chi connectivity index (χ2v) is 7.86. The van der Waals surface area contributed by atoms with Crippen molar-refractivity contribution in [1.82, 2.24) is 4.90 Å². The average molecular weight is 349 g/mol. The molecule has 4 rings (SSSR count). The molecule has 0 spiro atoms. The van der Waals surface area contributed by atoms with Gasteiger partial charge in [-0.1, -0.05) is 42.8 Å². The van der Waals surface area contributed by atoms with E-state index in [0.29, 0.717) is 18.3 Å². The summed E-state index contributed by atoms with van der Waals surface area (Å²) in [5, 5.41) is 9.01. The van der Waals surface area contributed by atoms with Crippen molar-refractivity contribution >= 4 is 5.91 Å². The summed E-state index contributed by atoms with van der Waals surface area (Å²) in [6.07, 6.45) is 5.90. The Balaban J connectivity index is 1.46. The van der Waals surface area contributed by atoms with E-state index in [1.165, 1.54) is 25.7 Å². The molecule has 2 aromatic carbocycles. The van der Waals surface area contributed by atoms with Crippen LogP contribution < -0.4 is 0 Å². The van der Waals surface area contributed by atoms with Crippen molar-refractivity contribution in [3.8, 4) is 11.1 Å². The molecule has 1 aliphatic heterocycles. The van der Waals surface area contributed by atoms with Crippen molar-refractivity contribution in [3.63, 3.8) is 0 Å². The molecule has 1 saturated heterocycles. The quantitative estimate of drug-likeness (QED) is 0.901. The molecule has 3 nitrogen and oxygen atoms in total. The van der Waals surface area contributed by atoms with Crippen LogP contribution in [0.2, 0.25) is 0 Å². The lowest BCUT2D eigenvalue weighted by Gasteiger charge is -2.41. The molecule has 1 saturated carbocycles. The van der Waals surface area contributed by atoms with Gasteiger partial charge in [0.1, 0.15) is 0 Å². The molecule has 26 heavy (non-hydrogen) atoms. The third-order valence-corrected chi connectivity index (χ3v) is 5.96. The van der Waals surface area contributed by atoms with Gasteiger partial charge in [-0.3, -0.25) is 4.79 Å². The number of carbonyl (C=O) groups is 1. The molecule has 2 unspecified atom stereocenters. The van der Waals surface area contributed by atoms with E-state index < -0.39 is 0 Å². The molecule has 0 radical (unpaired) electrons. The van der Waals surface area contributed by atoms with Gasteiger partial charge < -0.3 is 10.0 Å². The Morgan fingerprint density at radius 3 is 2.08 bits per heavy atom. The van der Waals surface area contributed by atoms with Crippen LogP contribution in [0.1, 0.15) is 41.6 Å². The predicted octanol–water partition coefficient (Wildman–Crippen LogP) is 4.15. The maximum Gasteiger partial charge on any atom is 0.253 e. The van der Waals surface area contributed by atoms with Crippen molar-refractivity contribution in [2.75, 3.05) is 19.7 Å². The van der Waals surface area contributed by atoms with Gasteiger partial charge in [-0.15, -0.1) is 0 Å². The van der Waals surface area contributed by atoms with Crippen molar-refractivity contribution in [2.24, 2.45) is 11.8 Å². The lowest BCUT2D eigenvalue weighted by Crippen LogP contribution is -2.45. The van der Waals surface area contributed by atoms with Gasteiger partial charge in [0.05, 0.1) is 0 Å². The van der Waals surface area contributed by atoms with Crippen LogP contribution in [0.4, 0.5) is 0 Å². The first-order valence-electron chi connectivity index (χ1n) is 9.82. The third-order valence-electron chi connectivity index (χ3n) is 5.96. The van der Waals surface area contributed by atoms with E-state index >= 15 is 0 Å². The topological polar surface area (TPSA) is 40.5 Å². The van der Waals surface area contributed by atoms with E-state index in [1.54, 1.807) is 0 Å². The molecule has 1 aliphatic carbocycles. The summed E-state index contributed by atoms with van der Waals surface area (Å²) in [5.74, 6) is 1.61. The van der Waals surface area contributed by atoms with Crippen LogP contribution >= 0.6 is 0 Å². The van der Waals surface area contributed by atoms with E-state index in [0.717, 1.165) is 35.3 Å². The first kappa shape index (κ1) is 17.3. The maximum atomic E-state index is 12.9. The lowest BCUT2D eigenvalue weighted by atomic mass is 9.78. The largest absolute Gasteiger partial charge is 0.396 e. The third kappa shape index (κ3) is 3.68. The van der Waals surface area contributed by atoms with Crippen molar-refractivity contribution < 1.29 is 9.90 Å². The number of nitrogens with zero attached hydrogens (tertiary/aromatic N) is 1. The number of piperidine rings is 1. The SMILES string of the molecule is O=C(c1ccc(-c2ccc(CCO)cc2)cc1)N1CC2CCCC(C2)C1. The Morgan fingerprint density at radius 1 is 0.923 bits per heavy atom. The Labute approximate surface area is 155 Å². The van der Waals surface area contributed by atoms with E-state index in [4.69, 9.17) is 5.11 Å². The number of benzene rings is 2. The number of carbonyl (C=O) groups excluding carboxylic acids is 1. The fourth-order valence-electron chi connectivity index (χ4n) is 4.58. The molecule has 1 heterocycles. The van der Waals surface area contributed by atoms with Gasteiger partial charge >= 0.3 is 0 Å². The van der Waals surface area contributed by atoms with Gasteiger partial charge in [0, 0.05) is 25.3 Å². The van der Waals surface area contributed by atoms with Crippen LogP contribution in [0.15, 0.2) is 48.5 Å². The summed E-state index contributed by atoms with van der Waals surface area (Å²) in [6, 6.07) is 16.3. The minimum absolute atomic E-state index is 0.175. The smallest absolute Gasteiger partial charge is 0.253 e. The monoisotopic (exact) mass is 349 g/mol. The highest BCUT2D eigenvalue weighted by Crippen LogP contribution is 2.35. The second kappa shape index (κ2) is 7.63. The van der Waals surface area contributed by atoms with E-state index in [1.807, 2.05) is 24.3 Å². The fraction of sp³-hybridized carbons (Fsp3) is 0.435. The Morgan fingerprint density at radius 2 is 1.50 bits per heavy atom. The molecule has 1 N–H and O–H groups in total. The molecular formula is C23H27NO2. The summed E-state index contributed by atoms with van der Waals surface area (Å²) in [7, 11) is 0. The standard InChI is InChI=1S/C23H27NO2/c25-13-12-17-4-6-20(7-5-17)21-8-10-22(11-9-21)23(26)24-15-18-2-1-3-19(14-18)16-24/h4-11,18-19,25H,1-3,12-16H2. The minimum atomic E-state index is 0.175. The van der Waals surface area contributed by atoms with Gasteiger partial charge in [-0.2, -0.15) is 0 Å². The summed E-state index contributed by atoms with van der Waals surface area (Å²) >= 11 is 0. The number of hydrogen-bond acceptors (Lipinski definition) is 2. The van der Waals surface area contributed by atoms with Crippen molar-refractivity contribution in [1.29, 1.82) is 0 Å². The number of aliphatic hydroxyl groups excluding tert-OH is 1. The van der Waals surface area contributed by atoms with Crippen LogP contribution in [-0.2, 0) is 6.42 Å². The molecule has 2 aromatic rings. The Hall–Kier alpha value is -2.13. The van der Waals surface area contributed by atoms with Gasteiger partial charge in [-0.25, -0.2) is 0 Å². The van der Waals surface area contributed by atoms with E-state index in [2.05, 4.69) is 29.2 Å². The lowest BCUT2D eigenvalue weighted by molar-refractivity contribution is 0.0504. The van der Waals surface area contributed by atoms with E-state index in [-0.39, 0.29) is 12.5 Å². The molecule has 3 heteroatoms. The molecular weight excluding hydrogens is 322 g/mol. The number of likely N-dealkylation sites (tertiary alicyclic amines) is 1. The summed E-state index contributed by atoms with van der Waals surface area (Å²) in [4.78, 5) is 15.0. The molecule has 136 valence electrons. The summed E-state index contributed by atoms with van der Waals surface area (Å²) < 4.78 is 0. The molecule has 0 aromatic heterocycles. The normalized spacial score (nSPS) is 22.3. The summed E-state index contributed by atoms with van der Waals surface area (Å²) in [6.45, 7) is 2.04. The van der Waals surface area contributed by atoms with Gasteiger partial charge in [0.2, 0.25) is 0 Å². The van der Waals surface area contributed by atoms with Crippen molar-refractivity contribution in [2.45, 2.75) is 32.1 Å². The van der Waals surface area contributed by atoms with Gasteiger partial charge in [0.15, 0.2) is 0 Å². The number of fused-ring (bicyclic) bond motifs is 2. The number of rotatable bonds is 4. The molecule has 2 fully saturated rings. The van der Waals surface area contributed by atoms with Crippen molar-refractivity contribution in [3.05, 3.63) is 59.7 Å². The highest BCUT2D eigenvalue weighted by Gasteiger charge is 2.32. The van der Waals surface area contributed by atoms with Crippen LogP contribution in [0.25, 0.3) is 11.1 Å². The fourth-order valence-corrected chi connectivity index (χ4v) is 4.58. The molecule has 1 amide bonds. The van der Waals surface area contributed by atoms with Gasteiger partial charge in [0.25, 0.3) is 5.91 Å². The first-order valence-corrected chi connectivity index (χ1v) is 9.82. The maximum absolute atomic E-state index is 12.9. The average Bonchev–Trinajstić information content (AvgIpc) is 2.68. The molecule has 2 bridgehead atoms. The van der Waals surface area contributed by atoms with E-state index in [9.17, 15) is 4.79 Å². The highest BCUT2D eigenvalue weighted by atomic mass is 16.3. The molecule has 2 atom stereocenters. The van der Waals surface area contributed by atoms with Crippen LogP contribution in [0.3, 0.4) is 0 Å².